The molecule has 1 amide bonds. The minimum Gasteiger partial charge on any atom is -0.497 e. The van der Waals surface area contributed by atoms with E-state index in [2.05, 4.69) is 5.92 Å². The molecule has 0 aromatic heterocycles. The van der Waals surface area contributed by atoms with E-state index in [9.17, 15) is 4.79 Å². The normalized spacial score (nSPS) is 11.5. The van der Waals surface area contributed by atoms with Gasteiger partial charge in [0.15, 0.2) is 0 Å². The molecule has 0 aliphatic heterocycles. The van der Waals surface area contributed by atoms with Crippen LogP contribution in [-0.2, 0) is 22.7 Å². The first-order valence-electron chi connectivity index (χ1n) is 8.56. The first-order chi connectivity index (χ1) is 12.5. The van der Waals surface area contributed by atoms with E-state index in [4.69, 9.17) is 15.9 Å². The fourth-order valence-corrected chi connectivity index (χ4v) is 2.55. The monoisotopic (exact) mass is 351 g/mol. The van der Waals surface area contributed by atoms with E-state index < -0.39 is 6.10 Å². The molecule has 0 saturated carbocycles. The van der Waals surface area contributed by atoms with Crippen LogP contribution in [0.3, 0.4) is 0 Å². The zero-order chi connectivity index (χ0) is 18.9. The van der Waals surface area contributed by atoms with Crippen molar-refractivity contribution in [2.75, 3.05) is 13.7 Å². The van der Waals surface area contributed by atoms with Gasteiger partial charge in [-0.25, -0.2) is 0 Å². The summed E-state index contributed by atoms with van der Waals surface area (Å²) >= 11 is 0. The fraction of sp³-hybridized carbons (Fsp3) is 0.318. The SMILES string of the molecule is C#CCN(Cc1ccc(C)cc1)C(=O)C(C)OCc1cccc(OC)c1. The number of rotatable bonds is 8. The molecule has 4 heteroatoms. The zero-order valence-electron chi connectivity index (χ0n) is 15.6. The lowest BCUT2D eigenvalue weighted by atomic mass is 10.1. The van der Waals surface area contributed by atoms with Gasteiger partial charge in [0.2, 0.25) is 0 Å². The fourth-order valence-electron chi connectivity index (χ4n) is 2.55. The third-order valence-corrected chi connectivity index (χ3v) is 4.07. The molecule has 0 heterocycles. The summed E-state index contributed by atoms with van der Waals surface area (Å²) < 4.78 is 11.0. The van der Waals surface area contributed by atoms with Gasteiger partial charge in [-0.2, -0.15) is 0 Å². The zero-order valence-corrected chi connectivity index (χ0v) is 15.6. The average molecular weight is 351 g/mol. The Bertz CT molecular complexity index is 762. The molecule has 0 aliphatic carbocycles. The van der Waals surface area contributed by atoms with E-state index in [-0.39, 0.29) is 12.5 Å². The van der Waals surface area contributed by atoms with Gasteiger partial charge in [-0.05, 0) is 37.1 Å². The lowest BCUT2D eigenvalue weighted by molar-refractivity contribution is -0.143. The van der Waals surface area contributed by atoms with E-state index in [0.717, 1.165) is 16.9 Å². The molecule has 1 unspecified atom stereocenters. The first-order valence-corrected chi connectivity index (χ1v) is 8.56. The van der Waals surface area contributed by atoms with Gasteiger partial charge in [-0.1, -0.05) is 47.9 Å². The highest BCUT2D eigenvalue weighted by molar-refractivity contribution is 5.80. The van der Waals surface area contributed by atoms with Crippen LogP contribution >= 0.6 is 0 Å². The first kappa shape index (κ1) is 19.6. The molecule has 2 aromatic rings. The summed E-state index contributed by atoms with van der Waals surface area (Å²) in [6.07, 6.45) is 4.86. The Labute approximate surface area is 155 Å². The Balaban J connectivity index is 1.98. The molecule has 136 valence electrons. The van der Waals surface area contributed by atoms with E-state index in [1.807, 2.05) is 55.5 Å². The molecule has 2 rings (SSSR count). The van der Waals surface area contributed by atoms with E-state index in [0.29, 0.717) is 13.2 Å². The van der Waals surface area contributed by atoms with Crippen molar-refractivity contribution in [3.63, 3.8) is 0 Å². The lowest BCUT2D eigenvalue weighted by Crippen LogP contribution is -2.38. The summed E-state index contributed by atoms with van der Waals surface area (Å²) in [6, 6.07) is 15.7. The van der Waals surface area contributed by atoms with Crippen LogP contribution in [0.2, 0.25) is 0 Å². The summed E-state index contributed by atoms with van der Waals surface area (Å²) in [7, 11) is 1.62. The summed E-state index contributed by atoms with van der Waals surface area (Å²) in [5, 5.41) is 0. The number of methoxy groups -OCH3 is 1. The van der Waals surface area contributed by atoms with Crippen LogP contribution in [0.4, 0.5) is 0 Å². The molecule has 0 fully saturated rings. The maximum Gasteiger partial charge on any atom is 0.252 e. The van der Waals surface area contributed by atoms with Gasteiger partial charge in [0.05, 0.1) is 20.3 Å². The molecule has 1 atom stereocenters. The summed E-state index contributed by atoms with van der Waals surface area (Å²) in [5.74, 6) is 3.20. The number of benzene rings is 2. The van der Waals surface area contributed by atoms with Crippen LogP contribution in [0.25, 0.3) is 0 Å². The Morgan fingerprint density at radius 3 is 2.58 bits per heavy atom. The molecule has 0 spiro atoms. The third kappa shape index (κ3) is 5.65. The van der Waals surface area contributed by atoms with Crippen molar-refractivity contribution in [1.82, 2.24) is 4.90 Å². The van der Waals surface area contributed by atoms with Gasteiger partial charge >= 0.3 is 0 Å². The average Bonchev–Trinajstić information content (AvgIpc) is 2.67. The molecule has 0 N–H and O–H groups in total. The van der Waals surface area contributed by atoms with E-state index in [1.54, 1.807) is 18.9 Å². The van der Waals surface area contributed by atoms with E-state index >= 15 is 0 Å². The maximum absolute atomic E-state index is 12.7. The van der Waals surface area contributed by atoms with Crippen molar-refractivity contribution in [3.05, 3.63) is 65.2 Å². The molecular weight excluding hydrogens is 326 g/mol. The van der Waals surface area contributed by atoms with E-state index in [1.165, 1.54) is 5.56 Å². The Morgan fingerprint density at radius 2 is 1.92 bits per heavy atom. The highest BCUT2D eigenvalue weighted by Gasteiger charge is 2.21. The number of terminal acetylenes is 1. The van der Waals surface area contributed by atoms with Gasteiger partial charge in [-0.15, -0.1) is 6.42 Å². The quantitative estimate of drug-likeness (QED) is 0.683. The predicted octanol–water partition coefficient (Wildman–Crippen LogP) is 3.57. The minimum absolute atomic E-state index is 0.119. The van der Waals surface area contributed by atoms with Crippen molar-refractivity contribution in [2.45, 2.75) is 33.1 Å². The molecule has 0 bridgehead atoms. The number of nitrogens with zero attached hydrogens (tertiary/aromatic N) is 1. The number of aryl methyl sites for hydroxylation is 1. The second-order valence-corrected chi connectivity index (χ2v) is 6.19. The summed E-state index contributed by atoms with van der Waals surface area (Å²) in [4.78, 5) is 14.4. The number of hydrogen-bond acceptors (Lipinski definition) is 3. The Kier molecular flexibility index (Phi) is 7.25. The van der Waals surface area contributed by atoms with Crippen LogP contribution in [0, 0.1) is 19.3 Å². The third-order valence-electron chi connectivity index (χ3n) is 4.07. The van der Waals surface area contributed by atoms with Crippen LogP contribution in [0.5, 0.6) is 5.75 Å². The number of carbonyl (C=O) groups excluding carboxylic acids is 1. The number of ether oxygens (including phenoxy) is 2. The molecule has 4 nitrogen and oxygen atoms in total. The van der Waals surface area contributed by atoms with Crippen molar-refractivity contribution >= 4 is 5.91 Å². The topological polar surface area (TPSA) is 38.8 Å². The molecule has 0 saturated heterocycles. The van der Waals surface area contributed by atoms with Gasteiger partial charge in [0.1, 0.15) is 11.9 Å². The van der Waals surface area contributed by atoms with Crippen molar-refractivity contribution in [1.29, 1.82) is 0 Å². The Morgan fingerprint density at radius 1 is 1.19 bits per heavy atom. The second kappa shape index (κ2) is 9.65. The maximum atomic E-state index is 12.7. The highest BCUT2D eigenvalue weighted by Crippen LogP contribution is 2.15. The van der Waals surface area contributed by atoms with Crippen molar-refractivity contribution in [2.24, 2.45) is 0 Å². The smallest absolute Gasteiger partial charge is 0.252 e. The second-order valence-electron chi connectivity index (χ2n) is 6.19. The van der Waals surface area contributed by atoms with Gasteiger partial charge in [0.25, 0.3) is 5.91 Å². The number of hydrogen-bond donors (Lipinski definition) is 0. The molecule has 0 aliphatic rings. The highest BCUT2D eigenvalue weighted by atomic mass is 16.5. The molecule has 0 radical (unpaired) electrons. The Hall–Kier alpha value is -2.77. The van der Waals surface area contributed by atoms with Crippen LogP contribution in [-0.4, -0.2) is 30.6 Å². The van der Waals surface area contributed by atoms with Crippen molar-refractivity contribution in [3.8, 4) is 18.1 Å². The molecule has 26 heavy (non-hydrogen) atoms. The van der Waals surface area contributed by atoms with Crippen LogP contribution in [0.1, 0.15) is 23.6 Å². The van der Waals surface area contributed by atoms with Crippen molar-refractivity contribution < 1.29 is 14.3 Å². The van der Waals surface area contributed by atoms with Crippen LogP contribution in [0.15, 0.2) is 48.5 Å². The van der Waals surface area contributed by atoms with Crippen LogP contribution < -0.4 is 4.74 Å². The minimum atomic E-state index is -0.583. The molecule has 2 aromatic carbocycles. The van der Waals surface area contributed by atoms with Gasteiger partial charge in [-0.3, -0.25) is 4.79 Å². The number of carbonyl (C=O) groups is 1. The predicted molar refractivity (Wildman–Crippen MR) is 103 cm³/mol. The molecular formula is C22H25NO3. The largest absolute Gasteiger partial charge is 0.497 e. The number of amides is 1. The van der Waals surface area contributed by atoms with Gasteiger partial charge in [0, 0.05) is 6.54 Å². The lowest BCUT2D eigenvalue weighted by Gasteiger charge is -2.24. The standard InChI is InChI=1S/C22H25NO3/c1-5-13-23(15-19-11-9-17(2)10-12-19)22(24)18(3)26-16-20-7-6-8-21(14-20)25-4/h1,6-12,14,18H,13,15-16H2,2-4H3. The summed E-state index contributed by atoms with van der Waals surface area (Å²) in [6.45, 7) is 4.83. The van der Waals surface area contributed by atoms with Gasteiger partial charge < -0.3 is 14.4 Å². The summed E-state index contributed by atoms with van der Waals surface area (Å²) in [5.41, 5.74) is 3.17.